The van der Waals surface area contributed by atoms with Crippen LogP contribution in [-0.2, 0) is 0 Å². The third kappa shape index (κ3) is 6.45. The van der Waals surface area contributed by atoms with Crippen LogP contribution in [0.4, 0.5) is 14.5 Å². The molecule has 0 aliphatic rings. The second-order valence-corrected chi connectivity index (χ2v) is 6.07. The molecule has 1 heterocycles. The van der Waals surface area contributed by atoms with Gasteiger partial charge in [0, 0.05) is 30.3 Å². The Morgan fingerprint density at radius 1 is 1.33 bits per heavy atom. The molecule has 0 amide bonds. The van der Waals surface area contributed by atoms with E-state index in [2.05, 4.69) is 25.1 Å². The Kier molecular flexibility index (Phi) is 7.42. The molecule has 0 fully saturated rings. The number of ether oxygens (including phenoxy) is 2. The highest BCUT2D eigenvalue weighted by atomic mass is 35.5. The number of hydrogen-bond acceptors (Lipinski definition) is 7. The molecule has 10 heteroatoms. The number of aromatic nitrogens is 2. The van der Waals surface area contributed by atoms with E-state index in [0.29, 0.717) is 11.6 Å². The number of hydrogen-bond donors (Lipinski definition) is 2. The molecule has 0 atom stereocenters. The van der Waals surface area contributed by atoms with Crippen LogP contribution in [0.5, 0.6) is 11.8 Å². The lowest BCUT2D eigenvalue weighted by Gasteiger charge is -2.09. The van der Waals surface area contributed by atoms with Crippen LogP contribution in [0.2, 0.25) is 5.02 Å². The van der Waals surface area contributed by atoms with E-state index in [4.69, 9.17) is 21.9 Å². The van der Waals surface area contributed by atoms with E-state index >= 15 is 0 Å². The van der Waals surface area contributed by atoms with E-state index in [1.54, 1.807) is 18.5 Å². The summed E-state index contributed by atoms with van der Waals surface area (Å²) in [6, 6.07) is 4.44. The molecule has 0 aliphatic carbocycles. The zero-order valence-corrected chi connectivity index (χ0v) is 15.4. The minimum Gasteiger partial charge on any atom is -0.457 e. The summed E-state index contributed by atoms with van der Waals surface area (Å²) in [5.41, 5.74) is 8.84. The summed E-state index contributed by atoms with van der Waals surface area (Å²) in [5.74, 6) is 0.143. The van der Waals surface area contributed by atoms with Crippen LogP contribution in [0, 0.1) is 5.53 Å². The van der Waals surface area contributed by atoms with Crippen LogP contribution < -0.4 is 14.8 Å². The summed E-state index contributed by atoms with van der Waals surface area (Å²) in [6.07, 6.45) is 4.74. The lowest BCUT2D eigenvalue weighted by Crippen LogP contribution is -2.05. The molecule has 0 unspecified atom stereocenters. The number of anilines is 1. The molecule has 0 saturated heterocycles. The van der Waals surface area contributed by atoms with Gasteiger partial charge in [0.05, 0.1) is 5.02 Å². The molecule has 2 aromatic rings. The Bertz CT molecular complexity index is 800. The average Bonchev–Trinajstić information content (AvgIpc) is 2.64. The average molecular weight is 398 g/mol. The van der Waals surface area contributed by atoms with Crippen LogP contribution in [0.1, 0.15) is 25.3 Å². The fraction of sp³-hybridized carbons (Fsp3) is 0.294. The largest absolute Gasteiger partial charge is 0.457 e. The van der Waals surface area contributed by atoms with E-state index in [-0.39, 0.29) is 29.1 Å². The summed E-state index contributed by atoms with van der Waals surface area (Å²) < 4.78 is 34.4. The molecule has 2 rings (SSSR count). The van der Waals surface area contributed by atoms with E-state index < -0.39 is 6.61 Å². The third-order valence-electron chi connectivity index (χ3n) is 3.36. The summed E-state index contributed by atoms with van der Waals surface area (Å²) in [4.78, 5) is 8.17. The predicted molar refractivity (Wildman–Crippen MR) is 96.6 cm³/mol. The van der Waals surface area contributed by atoms with E-state index in [9.17, 15) is 8.78 Å². The lowest BCUT2D eigenvalue weighted by molar-refractivity contribution is -0.0497. The van der Waals surface area contributed by atoms with E-state index in [0.717, 1.165) is 5.56 Å². The topological polar surface area (TPSA) is 92.5 Å². The molecule has 0 bridgehead atoms. The van der Waals surface area contributed by atoms with Crippen LogP contribution >= 0.6 is 11.6 Å². The SMILES string of the molecule is CC(C)c1cnc(OC/C(=C/Nc2ccc(Cl)c(OC(F)F)c2)N=N)nc1. The highest BCUT2D eigenvalue weighted by molar-refractivity contribution is 6.32. The van der Waals surface area contributed by atoms with Crippen molar-refractivity contribution in [3.8, 4) is 11.8 Å². The lowest BCUT2D eigenvalue weighted by atomic mass is 10.1. The summed E-state index contributed by atoms with van der Waals surface area (Å²) in [6.45, 7) is 1.02. The van der Waals surface area contributed by atoms with Crippen molar-refractivity contribution in [1.29, 1.82) is 5.53 Å². The second kappa shape index (κ2) is 9.77. The van der Waals surface area contributed by atoms with Gasteiger partial charge in [-0.2, -0.15) is 13.9 Å². The maximum atomic E-state index is 12.4. The van der Waals surface area contributed by atoms with Gasteiger partial charge in [-0.3, -0.25) is 0 Å². The Hall–Kier alpha value is -2.81. The Morgan fingerprint density at radius 2 is 2.04 bits per heavy atom. The van der Waals surface area contributed by atoms with Gasteiger partial charge in [0.25, 0.3) is 0 Å². The highest BCUT2D eigenvalue weighted by Crippen LogP contribution is 2.29. The number of benzene rings is 1. The fourth-order valence-electron chi connectivity index (χ4n) is 1.89. The molecule has 2 N–H and O–H groups in total. The first-order valence-electron chi connectivity index (χ1n) is 7.91. The predicted octanol–water partition coefficient (Wildman–Crippen LogP) is 5.22. The molecule has 27 heavy (non-hydrogen) atoms. The second-order valence-electron chi connectivity index (χ2n) is 5.66. The first-order valence-corrected chi connectivity index (χ1v) is 8.29. The number of rotatable bonds is 9. The first-order chi connectivity index (χ1) is 12.9. The molecule has 1 aromatic carbocycles. The van der Waals surface area contributed by atoms with Crippen LogP contribution in [0.3, 0.4) is 0 Å². The standard InChI is InChI=1S/C17H18ClF2N5O2/c1-10(2)11-6-23-17(24-7-11)26-9-13(25-21)8-22-12-3-4-14(18)15(5-12)27-16(19)20/h3-8,10,16,21-22H,9H2,1-2H3/b13-8-,25-21?. The minimum absolute atomic E-state index is 0.0501. The van der Waals surface area contributed by atoms with Crippen molar-refractivity contribution in [2.24, 2.45) is 5.11 Å². The van der Waals surface area contributed by atoms with Gasteiger partial charge in [0.15, 0.2) is 0 Å². The van der Waals surface area contributed by atoms with Gasteiger partial charge >= 0.3 is 12.6 Å². The van der Waals surface area contributed by atoms with Gasteiger partial charge in [0.2, 0.25) is 0 Å². The quantitative estimate of drug-likeness (QED) is 0.566. The van der Waals surface area contributed by atoms with Gasteiger partial charge in [-0.15, -0.1) is 0 Å². The van der Waals surface area contributed by atoms with E-state index in [1.807, 2.05) is 13.8 Å². The Balaban J connectivity index is 1.98. The number of halogens is 3. The van der Waals surface area contributed by atoms with Crippen molar-refractivity contribution in [3.05, 3.63) is 53.1 Å². The van der Waals surface area contributed by atoms with Crippen LogP contribution in [0.15, 0.2) is 47.6 Å². The molecule has 144 valence electrons. The molecule has 0 saturated carbocycles. The summed E-state index contributed by atoms with van der Waals surface area (Å²) in [5, 5.41) is 6.22. The number of nitrogens with one attached hydrogen (secondary N) is 2. The van der Waals surface area contributed by atoms with Crippen molar-refractivity contribution in [2.45, 2.75) is 26.4 Å². The molecule has 0 spiro atoms. The van der Waals surface area contributed by atoms with Gasteiger partial charge < -0.3 is 14.8 Å². The zero-order valence-electron chi connectivity index (χ0n) is 14.6. The van der Waals surface area contributed by atoms with Crippen LogP contribution in [0.25, 0.3) is 0 Å². The molecule has 1 aromatic heterocycles. The Labute approximate surface area is 159 Å². The summed E-state index contributed by atoms with van der Waals surface area (Å²) >= 11 is 5.79. The van der Waals surface area contributed by atoms with Crippen molar-refractivity contribution in [2.75, 3.05) is 11.9 Å². The monoisotopic (exact) mass is 397 g/mol. The normalized spacial score (nSPS) is 11.6. The maximum absolute atomic E-state index is 12.4. The molecule has 0 aliphatic heterocycles. The number of alkyl halides is 2. The van der Waals surface area contributed by atoms with Gasteiger partial charge in [-0.05, 0) is 23.6 Å². The van der Waals surface area contributed by atoms with Crippen molar-refractivity contribution in [3.63, 3.8) is 0 Å². The maximum Gasteiger partial charge on any atom is 0.387 e. The van der Waals surface area contributed by atoms with Gasteiger partial charge in [-0.25, -0.2) is 15.5 Å². The Morgan fingerprint density at radius 3 is 2.63 bits per heavy atom. The molecular formula is C17H18ClF2N5O2. The highest BCUT2D eigenvalue weighted by Gasteiger charge is 2.09. The van der Waals surface area contributed by atoms with Crippen LogP contribution in [-0.4, -0.2) is 23.2 Å². The fourth-order valence-corrected chi connectivity index (χ4v) is 2.05. The summed E-state index contributed by atoms with van der Waals surface area (Å²) in [7, 11) is 0. The minimum atomic E-state index is -2.98. The van der Waals surface area contributed by atoms with Crippen molar-refractivity contribution < 1.29 is 18.3 Å². The smallest absolute Gasteiger partial charge is 0.387 e. The van der Waals surface area contributed by atoms with Crippen molar-refractivity contribution in [1.82, 2.24) is 9.97 Å². The van der Waals surface area contributed by atoms with Crippen molar-refractivity contribution >= 4 is 17.3 Å². The van der Waals surface area contributed by atoms with Gasteiger partial charge in [0.1, 0.15) is 18.1 Å². The van der Waals surface area contributed by atoms with E-state index in [1.165, 1.54) is 18.3 Å². The molecule has 0 radical (unpaired) electrons. The third-order valence-corrected chi connectivity index (χ3v) is 3.67. The first kappa shape index (κ1) is 20.5. The molecular weight excluding hydrogens is 380 g/mol. The number of nitrogens with zero attached hydrogens (tertiary/aromatic N) is 3. The zero-order chi connectivity index (χ0) is 19.8. The molecule has 7 nitrogen and oxygen atoms in total. The van der Waals surface area contributed by atoms with Gasteiger partial charge in [-0.1, -0.05) is 25.4 Å².